The normalized spacial score (nSPS) is 15.0. The second kappa shape index (κ2) is 5.94. The molecule has 1 aromatic rings. The van der Waals surface area contributed by atoms with Gasteiger partial charge in [-0.2, -0.15) is 13.2 Å². The van der Waals surface area contributed by atoms with Crippen molar-refractivity contribution in [2.45, 2.75) is 6.18 Å². The van der Waals surface area contributed by atoms with Gasteiger partial charge in [0, 0.05) is 0 Å². The number of alkyl halides is 3. The zero-order chi connectivity index (χ0) is 15.5. The maximum absolute atomic E-state index is 12.8. The van der Waals surface area contributed by atoms with E-state index in [0.717, 1.165) is 0 Å². The molecule has 1 heterocycles. The van der Waals surface area contributed by atoms with Crippen LogP contribution in [0.3, 0.4) is 0 Å². The third-order valence-electron chi connectivity index (χ3n) is 2.60. The van der Waals surface area contributed by atoms with Gasteiger partial charge in [-0.3, -0.25) is 4.79 Å². The first kappa shape index (κ1) is 15.0. The van der Waals surface area contributed by atoms with Crippen LogP contribution in [0.15, 0.2) is 35.8 Å². The molecule has 0 atom stereocenters. The summed E-state index contributed by atoms with van der Waals surface area (Å²) in [6.07, 6.45) is -4.80. The highest BCUT2D eigenvalue weighted by atomic mass is 19.4. The highest BCUT2D eigenvalue weighted by Crippen LogP contribution is 2.32. The van der Waals surface area contributed by atoms with E-state index in [-0.39, 0.29) is 18.9 Å². The lowest BCUT2D eigenvalue weighted by molar-refractivity contribution is -0.151. The molecule has 114 valence electrons. The predicted molar refractivity (Wildman–Crippen MR) is 66.6 cm³/mol. The molecule has 0 aliphatic carbocycles. The quantitative estimate of drug-likeness (QED) is 0.932. The van der Waals surface area contributed by atoms with Crippen molar-refractivity contribution in [1.29, 1.82) is 0 Å². The van der Waals surface area contributed by atoms with Crippen molar-refractivity contribution in [2.75, 3.05) is 25.6 Å². The van der Waals surface area contributed by atoms with E-state index < -0.39 is 23.6 Å². The Balaban J connectivity index is 2.28. The molecule has 0 unspecified atom stereocenters. The summed E-state index contributed by atoms with van der Waals surface area (Å²) in [6.45, 7) is -0.394. The number of carbonyl (C=O) groups is 1. The van der Waals surface area contributed by atoms with Crippen LogP contribution in [-0.4, -0.2) is 32.4 Å². The molecule has 0 spiro atoms. The van der Waals surface area contributed by atoms with Gasteiger partial charge >= 0.3 is 6.18 Å². The molecule has 5 nitrogen and oxygen atoms in total. The molecule has 2 rings (SSSR count). The van der Waals surface area contributed by atoms with E-state index in [0.29, 0.717) is 5.75 Å². The van der Waals surface area contributed by atoms with Gasteiger partial charge in [-0.15, -0.1) is 0 Å². The van der Waals surface area contributed by atoms with E-state index in [1.165, 1.54) is 13.2 Å². The first-order valence-electron chi connectivity index (χ1n) is 5.95. The smallest absolute Gasteiger partial charge is 0.453 e. The Labute approximate surface area is 118 Å². The van der Waals surface area contributed by atoms with Crippen molar-refractivity contribution in [1.82, 2.24) is 0 Å². The summed E-state index contributed by atoms with van der Waals surface area (Å²) < 4.78 is 52.6. The summed E-state index contributed by atoms with van der Waals surface area (Å²) in [7, 11) is 1.38. The van der Waals surface area contributed by atoms with Crippen molar-refractivity contribution in [3.8, 4) is 5.75 Å². The lowest BCUT2D eigenvalue weighted by Crippen LogP contribution is -2.30. The van der Waals surface area contributed by atoms with Crippen LogP contribution < -0.4 is 10.1 Å². The molecule has 0 saturated carbocycles. The Hall–Kier alpha value is -2.38. The zero-order valence-electron chi connectivity index (χ0n) is 11.0. The van der Waals surface area contributed by atoms with Crippen molar-refractivity contribution in [2.24, 2.45) is 0 Å². The van der Waals surface area contributed by atoms with E-state index in [1.807, 2.05) is 0 Å². The molecular weight excluding hydrogens is 291 g/mol. The van der Waals surface area contributed by atoms with E-state index in [2.05, 4.69) is 10.1 Å². The zero-order valence-corrected chi connectivity index (χ0v) is 11.0. The monoisotopic (exact) mass is 303 g/mol. The third-order valence-corrected chi connectivity index (χ3v) is 2.60. The van der Waals surface area contributed by atoms with Crippen LogP contribution in [0.4, 0.5) is 18.9 Å². The number of benzene rings is 1. The van der Waals surface area contributed by atoms with Crippen molar-refractivity contribution >= 4 is 11.6 Å². The average molecular weight is 303 g/mol. The van der Waals surface area contributed by atoms with Gasteiger partial charge in [0.25, 0.3) is 5.91 Å². The van der Waals surface area contributed by atoms with Crippen molar-refractivity contribution in [3.63, 3.8) is 0 Å². The van der Waals surface area contributed by atoms with Crippen LogP contribution in [0, 0.1) is 0 Å². The number of rotatable bonds is 3. The summed E-state index contributed by atoms with van der Waals surface area (Å²) in [5.41, 5.74) is 0.230. The lowest BCUT2D eigenvalue weighted by Gasteiger charge is -2.22. The Bertz CT molecular complexity index is 569. The Morgan fingerprint density at radius 3 is 2.57 bits per heavy atom. The number of para-hydroxylation sites is 2. The molecule has 1 N–H and O–H groups in total. The van der Waals surface area contributed by atoms with Gasteiger partial charge in [0.05, 0.1) is 12.8 Å². The highest BCUT2D eigenvalue weighted by molar-refractivity contribution is 6.03. The second-order valence-corrected chi connectivity index (χ2v) is 4.01. The number of halogens is 3. The molecule has 1 aromatic carbocycles. The maximum atomic E-state index is 12.8. The Morgan fingerprint density at radius 1 is 1.24 bits per heavy atom. The largest absolute Gasteiger partial charge is 0.495 e. The van der Waals surface area contributed by atoms with Gasteiger partial charge < -0.3 is 19.5 Å². The molecule has 0 fully saturated rings. The van der Waals surface area contributed by atoms with Crippen LogP contribution in [-0.2, 0) is 14.3 Å². The number of carbonyl (C=O) groups excluding carboxylic acids is 1. The summed E-state index contributed by atoms with van der Waals surface area (Å²) in [4.78, 5) is 12.0. The predicted octanol–water partition coefficient (Wildman–Crippen LogP) is 2.45. The van der Waals surface area contributed by atoms with Crippen LogP contribution in [0.2, 0.25) is 0 Å². The fourth-order valence-electron chi connectivity index (χ4n) is 1.72. The molecule has 21 heavy (non-hydrogen) atoms. The summed E-state index contributed by atoms with van der Waals surface area (Å²) in [6, 6.07) is 6.33. The molecule has 8 heteroatoms. The number of allylic oxidation sites excluding steroid dienone is 1. The molecule has 1 amide bonds. The number of methoxy groups -OCH3 is 1. The summed E-state index contributed by atoms with van der Waals surface area (Å²) in [5.74, 6) is -3.05. The van der Waals surface area contributed by atoms with Gasteiger partial charge in [0.1, 0.15) is 19.0 Å². The topological polar surface area (TPSA) is 56.8 Å². The number of hydrogen-bond donors (Lipinski definition) is 1. The minimum atomic E-state index is -4.80. The number of anilines is 1. The first-order valence-corrected chi connectivity index (χ1v) is 5.95. The van der Waals surface area contributed by atoms with Crippen molar-refractivity contribution in [3.05, 3.63) is 35.8 Å². The lowest BCUT2D eigenvalue weighted by atomic mass is 10.2. The van der Waals surface area contributed by atoms with Gasteiger partial charge in [-0.25, -0.2) is 0 Å². The fourth-order valence-corrected chi connectivity index (χ4v) is 1.72. The standard InChI is InChI=1S/C13H12F3NO4/c1-19-9-5-3-2-4-8(9)17-12(18)10-11(13(14,15)16)21-7-6-20-10/h2-5H,6-7H2,1H3,(H,17,18). The number of nitrogens with one attached hydrogen (secondary N) is 1. The molecule has 0 radical (unpaired) electrons. The van der Waals surface area contributed by atoms with E-state index in [9.17, 15) is 18.0 Å². The highest BCUT2D eigenvalue weighted by Gasteiger charge is 2.43. The molecule has 0 bridgehead atoms. The molecule has 1 aliphatic heterocycles. The first-order chi connectivity index (χ1) is 9.93. The minimum Gasteiger partial charge on any atom is -0.495 e. The van der Waals surface area contributed by atoms with Gasteiger partial charge in [-0.05, 0) is 12.1 Å². The third kappa shape index (κ3) is 3.39. The fraction of sp³-hybridized carbons (Fsp3) is 0.308. The molecule has 0 aromatic heterocycles. The number of ether oxygens (including phenoxy) is 3. The molecule has 0 saturated heterocycles. The molecular formula is C13H12F3NO4. The Morgan fingerprint density at radius 2 is 1.90 bits per heavy atom. The Kier molecular flexibility index (Phi) is 4.25. The second-order valence-electron chi connectivity index (χ2n) is 4.01. The van der Waals surface area contributed by atoms with Crippen LogP contribution in [0.25, 0.3) is 0 Å². The van der Waals surface area contributed by atoms with Crippen LogP contribution in [0.5, 0.6) is 5.75 Å². The summed E-state index contributed by atoms with van der Waals surface area (Å²) >= 11 is 0. The van der Waals surface area contributed by atoms with Crippen molar-refractivity contribution < 1.29 is 32.2 Å². The van der Waals surface area contributed by atoms with E-state index >= 15 is 0 Å². The van der Waals surface area contributed by atoms with Gasteiger partial charge in [0.15, 0.2) is 0 Å². The number of hydrogen-bond acceptors (Lipinski definition) is 4. The van der Waals surface area contributed by atoms with Crippen LogP contribution in [0.1, 0.15) is 0 Å². The minimum absolute atomic E-state index is 0.131. The summed E-state index contributed by atoms with van der Waals surface area (Å²) in [5, 5.41) is 2.31. The van der Waals surface area contributed by atoms with Crippen LogP contribution >= 0.6 is 0 Å². The SMILES string of the molecule is COc1ccccc1NC(=O)C1=C(C(F)(F)F)OCCO1. The van der Waals surface area contributed by atoms with Gasteiger partial charge in [-0.1, -0.05) is 12.1 Å². The molecule has 1 aliphatic rings. The van der Waals surface area contributed by atoms with Gasteiger partial charge in [0.2, 0.25) is 11.5 Å². The number of amides is 1. The van der Waals surface area contributed by atoms with E-state index in [1.54, 1.807) is 18.2 Å². The maximum Gasteiger partial charge on any atom is 0.453 e. The average Bonchev–Trinajstić information content (AvgIpc) is 2.47. The van der Waals surface area contributed by atoms with E-state index in [4.69, 9.17) is 9.47 Å².